The first-order valence-electron chi connectivity index (χ1n) is 1.85. The van der Waals surface area contributed by atoms with Gasteiger partial charge in [-0.1, -0.05) is 24.4 Å². The molecule has 1 aliphatic rings. The summed E-state index contributed by atoms with van der Waals surface area (Å²) >= 11 is 0. The highest BCUT2D eigenvalue weighted by Gasteiger charge is 1.82. The highest BCUT2D eigenvalue weighted by molar-refractivity contribution is 6.59. The third-order valence-electron chi connectivity index (χ3n) is 0.662. The van der Waals surface area contributed by atoms with Crippen molar-refractivity contribution in [3.8, 4) is 0 Å². The molecule has 1 heteroatoms. The van der Waals surface area contributed by atoms with Crippen molar-refractivity contribution in [2.24, 2.45) is 0 Å². The smallest absolute Gasteiger partial charge is 0.0589 e. The first-order valence-corrected chi connectivity index (χ1v) is 2.92. The first kappa shape index (κ1) is 3.75. The van der Waals surface area contributed by atoms with E-state index in [1.54, 1.807) is 0 Å². The van der Waals surface area contributed by atoms with Gasteiger partial charge in [0.05, 0.1) is 9.13 Å². The molecular weight excluding hydrogens is 88.1 g/mol. The number of hydrogen-bond donors (Lipinski definition) is 0. The molecule has 1 heterocycles. The average molecular weight is 93.2 g/mol. The van der Waals surface area contributed by atoms with Crippen LogP contribution in [0.2, 0.25) is 0 Å². The molecule has 1 rings (SSSR count). The molecule has 1 radical (unpaired) electrons. The zero-order valence-electron chi connectivity index (χ0n) is 3.44. The molecule has 0 fully saturated rings. The molecule has 29 valence electrons. The Balaban J connectivity index is 2.86. The molecule has 0 aromatic heterocycles. The van der Waals surface area contributed by atoms with Crippen LogP contribution >= 0.6 is 0 Å². The van der Waals surface area contributed by atoms with Crippen LogP contribution in [-0.4, -0.2) is 14.8 Å². The van der Waals surface area contributed by atoms with Crippen LogP contribution in [0.4, 0.5) is 0 Å². The summed E-state index contributed by atoms with van der Waals surface area (Å²) in [6, 6.07) is 0. The second-order valence-corrected chi connectivity index (χ2v) is 2.46. The van der Waals surface area contributed by atoms with E-state index >= 15 is 0 Å². The van der Waals surface area contributed by atoms with Crippen molar-refractivity contribution in [3.63, 3.8) is 0 Å². The van der Waals surface area contributed by atoms with Crippen molar-refractivity contribution in [3.05, 3.63) is 23.9 Å². The zero-order valence-corrected chi connectivity index (χ0v) is 4.44. The Bertz CT molecular complexity index is 106. The minimum atomic E-state index is 0.852. The second kappa shape index (κ2) is 1.35. The SMILES string of the molecule is C=C1C=CC=[Si]1. The molecule has 0 aromatic carbocycles. The molecular formula is C5H5Si. The quantitative estimate of drug-likeness (QED) is 0.384. The van der Waals surface area contributed by atoms with Gasteiger partial charge in [-0.15, -0.1) is 0 Å². The maximum absolute atomic E-state index is 3.75. The first-order chi connectivity index (χ1) is 2.89. The normalized spacial score (nSPS) is 17.0. The Kier molecular flexibility index (Phi) is 0.841. The van der Waals surface area contributed by atoms with Crippen molar-refractivity contribution >= 4 is 14.8 Å². The van der Waals surface area contributed by atoms with Crippen LogP contribution in [0, 0.1) is 0 Å². The maximum Gasteiger partial charge on any atom is 0.0589 e. The van der Waals surface area contributed by atoms with E-state index in [-0.39, 0.29) is 0 Å². The summed E-state index contributed by atoms with van der Waals surface area (Å²) < 4.78 is 0. The van der Waals surface area contributed by atoms with Crippen molar-refractivity contribution in [2.75, 3.05) is 0 Å². The standard InChI is InChI=1S/C5H5Si/c1-5-3-2-4-6-5/h2-4H,1H2. The maximum atomic E-state index is 3.75. The largest absolute Gasteiger partial charge is 0.0962 e. The number of allylic oxidation sites excluding steroid dienone is 3. The van der Waals surface area contributed by atoms with Gasteiger partial charge in [0.15, 0.2) is 0 Å². The van der Waals surface area contributed by atoms with Gasteiger partial charge in [0.25, 0.3) is 0 Å². The Morgan fingerprint density at radius 3 is 2.67 bits per heavy atom. The minimum Gasteiger partial charge on any atom is -0.0962 e. The van der Waals surface area contributed by atoms with E-state index in [1.165, 1.54) is 5.20 Å². The lowest BCUT2D eigenvalue weighted by atomic mass is 10.5. The highest BCUT2D eigenvalue weighted by atomic mass is 28.2. The van der Waals surface area contributed by atoms with Crippen LogP contribution in [-0.2, 0) is 0 Å². The van der Waals surface area contributed by atoms with Crippen LogP contribution in [0.25, 0.3) is 0 Å². The van der Waals surface area contributed by atoms with Crippen LogP contribution in [0.1, 0.15) is 0 Å². The third-order valence-corrected chi connectivity index (χ3v) is 1.56. The summed E-state index contributed by atoms with van der Waals surface area (Å²) in [7, 11) is 0.852. The van der Waals surface area contributed by atoms with Crippen molar-refractivity contribution in [2.45, 2.75) is 0 Å². The third kappa shape index (κ3) is 0.545. The fraction of sp³-hybridized carbons (Fsp3) is 0. The highest BCUT2D eigenvalue weighted by Crippen LogP contribution is 1.88. The molecule has 0 saturated carbocycles. The van der Waals surface area contributed by atoms with Gasteiger partial charge in [-0.2, -0.15) is 0 Å². The van der Waals surface area contributed by atoms with Gasteiger partial charge in [-0.3, -0.25) is 0 Å². The molecule has 6 heavy (non-hydrogen) atoms. The molecule has 0 atom stereocenters. The summed E-state index contributed by atoms with van der Waals surface area (Å²) in [6.45, 7) is 3.75. The number of rotatable bonds is 0. The van der Waals surface area contributed by atoms with E-state index in [9.17, 15) is 0 Å². The molecule has 0 bridgehead atoms. The van der Waals surface area contributed by atoms with Gasteiger partial charge in [0, 0.05) is 0 Å². The lowest BCUT2D eigenvalue weighted by Crippen LogP contribution is -1.70. The molecule has 0 aromatic rings. The molecule has 0 saturated heterocycles. The van der Waals surface area contributed by atoms with E-state index < -0.39 is 0 Å². The van der Waals surface area contributed by atoms with E-state index in [2.05, 4.69) is 12.3 Å². The minimum absolute atomic E-state index is 0.852. The van der Waals surface area contributed by atoms with Gasteiger partial charge in [0.1, 0.15) is 0 Å². The van der Waals surface area contributed by atoms with Crippen molar-refractivity contribution in [1.82, 2.24) is 0 Å². The van der Waals surface area contributed by atoms with Crippen LogP contribution in [0.3, 0.4) is 0 Å². The molecule has 0 spiro atoms. The van der Waals surface area contributed by atoms with Crippen LogP contribution < -0.4 is 0 Å². The Morgan fingerprint density at radius 1 is 1.67 bits per heavy atom. The molecule has 1 aliphatic heterocycles. The average Bonchev–Trinajstić information content (AvgIpc) is 1.86. The van der Waals surface area contributed by atoms with E-state index in [0.717, 1.165) is 9.13 Å². The van der Waals surface area contributed by atoms with Gasteiger partial charge in [-0.05, 0) is 5.20 Å². The lowest BCUT2D eigenvalue weighted by molar-refractivity contribution is 2.02. The topological polar surface area (TPSA) is 0 Å². The number of hydrogen-bond acceptors (Lipinski definition) is 0. The molecule has 0 unspecified atom stereocenters. The van der Waals surface area contributed by atoms with Crippen LogP contribution in [0.15, 0.2) is 23.9 Å². The fourth-order valence-electron chi connectivity index (χ4n) is 0.368. The van der Waals surface area contributed by atoms with Gasteiger partial charge < -0.3 is 0 Å². The van der Waals surface area contributed by atoms with Gasteiger partial charge in [-0.25, -0.2) is 0 Å². The van der Waals surface area contributed by atoms with Crippen molar-refractivity contribution in [1.29, 1.82) is 0 Å². The zero-order chi connectivity index (χ0) is 4.41. The van der Waals surface area contributed by atoms with Gasteiger partial charge >= 0.3 is 0 Å². The predicted octanol–water partition coefficient (Wildman–Crippen LogP) is 0.576. The lowest BCUT2D eigenvalue weighted by Gasteiger charge is -1.69. The van der Waals surface area contributed by atoms with E-state index in [4.69, 9.17) is 0 Å². The summed E-state index contributed by atoms with van der Waals surface area (Å²) in [5.41, 5.74) is 2.13. The summed E-state index contributed by atoms with van der Waals surface area (Å²) in [6.07, 6.45) is 4.08. The summed E-state index contributed by atoms with van der Waals surface area (Å²) in [5.74, 6) is 0. The molecule has 0 N–H and O–H groups in total. The van der Waals surface area contributed by atoms with Crippen molar-refractivity contribution < 1.29 is 0 Å². The fourth-order valence-corrected chi connectivity index (χ4v) is 0.967. The Morgan fingerprint density at radius 2 is 2.50 bits per heavy atom. The Labute approximate surface area is 39.6 Å². The molecule has 0 nitrogen and oxygen atoms in total. The molecule has 0 aliphatic carbocycles. The van der Waals surface area contributed by atoms with Crippen LogP contribution in [0.5, 0.6) is 0 Å². The second-order valence-electron chi connectivity index (χ2n) is 1.20. The summed E-state index contributed by atoms with van der Waals surface area (Å²) in [4.78, 5) is 0. The predicted molar refractivity (Wildman–Crippen MR) is 30.1 cm³/mol. The Hall–Kier alpha value is -0.433. The summed E-state index contributed by atoms with van der Waals surface area (Å²) in [5, 5.41) is 1.25. The van der Waals surface area contributed by atoms with Gasteiger partial charge in [0.2, 0.25) is 0 Å². The van der Waals surface area contributed by atoms with E-state index in [1.807, 2.05) is 12.2 Å². The molecule has 0 amide bonds. The van der Waals surface area contributed by atoms with E-state index in [0.29, 0.717) is 0 Å². The monoisotopic (exact) mass is 93.0 g/mol.